The maximum absolute atomic E-state index is 13.7. The quantitative estimate of drug-likeness (QED) is 0.362. The highest BCUT2D eigenvalue weighted by atomic mass is 32.2. The molecule has 0 radical (unpaired) electrons. The van der Waals surface area contributed by atoms with E-state index in [2.05, 4.69) is 10.4 Å². The van der Waals surface area contributed by atoms with Crippen LogP contribution in [0.1, 0.15) is 52.3 Å². The van der Waals surface area contributed by atoms with Crippen LogP contribution in [0.4, 0.5) is 5.69 Å². The van der Waals surface area contributed by atoms with E-state index in [1.54, 1.807) is 22.7 Å². The molecule has 0 aliphatic carbocycles. The lowest BCUT2D eigenvalue weighted by Gasteiger charge is -2.26. The van der Waals surface area contributed by atoms with Gasteiger partial charge in [-0.2, -0.15) is 9.40 Å². The molecule has 0 unspecified atom stereocenters. The maximum atomic E-state index is 13.7. The first-order valence-corrected chi connectivity index (χ1v) is 14.5. The molecule has 5 rings (SSSR count). The molecule has 0 bridgehead atoms. The molecule has 39 heavy (non-hydrogen) atoms. The van der Waals surface area contributed by atoms with Gasteiger partial charge in [0.15, 0.2) is 11.3 Å². The van der Waals surface area contributed by atoms with Gasteiger partial charge in [0.1, 0.15) is 10.6 Å². The first kappa shape index (κ1) is 26.8. The Morgan fingerprint density at radius 1 is 0.974 bits per heavy atom. The fraction of sp³-hybridized carbons (Fsp3) is 0.345. The van der Waals surface area contributed by atoms with E-state index in [9.17, 15) is 13.2 Å². The zero-order valence-electron chi connectivity index (χ0n) is 22.9. The number of carbonyl (C=O) groups is 1. The Morgan fingerprint density at radius 2 is 1.72 bits per heavy atom. The molecule has 10 heteroatoms. The Labute approximate surface area is 228 Å². The highest BCUT2D eigenvalue weighted by molar-refractivity contribution is 7.89. The minimum atomic E-state index is -3.82. The number of sulfonamides is 1. The molecule has 0 saturated carbocycles. The number of hydrogen-bond acceptors (Lipinski definition) is 6. The highest BCUT2D eigenvalue weighted by Gasteiger charge is 2.31. The van der Waals surface area contributed by atoms with E-state index in [4.69, 9.17) is 9.72 Å². The molecular formula is C29H33N5O4S. The van der Waals surface area contributed by atoms with Crippen LogP contribution < -0.4 is 10.1 Å². The SMILES string of the molecule is COc1ccc(-c2c(C(=O)Nc3cc(C)ccc3C)nn3c(C)cc(C)nc23)cc1S(=O)(=O)N1CCCCC1. The summed E-state index contributed by atoms with van der Waals surface area (Å²) in [6.45, 7) is 8.59. The molecular weight excluding hydrogens is 514 g/mol. The molecule has 204 valence electrons. The zero-order chi connectivity index (χ0) is 27.9. The van der Waals surface area contributed by atoms with E-state index in [0.717, 1.165) is 41.8 Å². The second-order valence-electron chi connectivity index (χ2n) is 10.1. The summed E-state index contributed by atoms with van der Waals surface area (Å²) < 4.78 is 36.1. The zero-order valence-corrected chi connectivity index (χ0v) is 23.7. The normalized spacial score (nSPS) is 14.5. The number of aryl methyl sites for hydroxylation is 4. The third kappa shape index (κ3) is 5.02. The summed E-state index contributed by atoms with van der Waals surface area (Å²) >= 11 is 0. The molecule has 0 spiro atoms. The van der Waals surface area contributed by atoms with Crippen molar-refractivity contribution < 1.29 is 17.9 Å². The van der Waals surface area contributed by atoms with Crippen molar-refractivity contribution in [3.63, 3.8) is 0 Å². The van der Waals surface area contributed by atoms with Crippen LogP contribution in [-0.4, -0.2) is 53.4 Å². The third-order valence-electron chi connectivity index (χ3n) is 7.14. The second kappa shape index (κ2) is 10.4. The standard InChI is InChI=1S/C29H33N5O4S/c1-18-9-10-19(2)23(15-18)31-29(35)27-26(28-30-20(3)16-21(4)34(28)32-27)22-11-12-24(38-5)25(17-22)39(36,37)33-13-7-6-8-14-33/h9-12,15-17H,6-8,13-14H2,1-5H3,(H,31,35). The second-order valence-corrected chi connectivity index (χ2v) is 12.0. The minimum absolute atomic E-state index is 0.0639. The van der Waals surface area contributed by atoms with Crippen LogP contribution in [0.2, 0.25) is 0 Å². The fourth-order valence-electron chi connectivity index (χ4n) is 5.08. The van der Waals surface area contributed by atoms with Crippen molar-refractivity contribution >= 4 is 27.3 Å². The number of hydrogen-bond donors (Lipinski definition) is 1. The van der Waals surface area contributed by atoms with Gasteiger partial charge in [0.25, 0.3) is 5.91 Å². The van der Waals surface area contributed by atoms with Crippen molar-refractivity contribution in [2.24, 2.45) is 0 Å². The first-order valence-electron chi connectivity index (χ1n) is 13.0. The Bertz CT molecular complexity index is 1690. The molecule has 3 heterocycles. The van der Waals surface area contributed by atoms with E-state index >= 15 is 0 Å². The number of anilines is 1. The minimum Gasteiger partial charge on any atom is -0.495 e. The predicted molar refractivity (Wildman–Crippen MR) is 151 cm³/mol. The fourth-order valence-corrected chi connectivity index (χ4v) is 6.77. The van der Waals surface area contributed by atoms with Crippen molar-refractivity contribution in [2.45, 2.75) is 51.9 Å². The molecule has 1 aliphatic rings. The van der Waals surface area contributed by atoms with Gasteiger partial charge in [-0.25, -0.2) is 17.9 Å². The van der Waals surface area contributed by atoms with E-state index in [1.807, 2.05) is 52.0 Å². The van der Waals surface area contributed by atoms with Gasteiger partial charge in [0.05, 0.1) is 12.7 Å². The number of ether oxygens (including phenoxy) is 1. The molecule has 0 atom stereocenters. The summed E-state index contributed by atoms with van der Waals surface area (Å²) in [6.07, 6.45) is 2.65. The van der Waals surface area contributed by atoms with Gasteiger partial charge in [0, 0.05) is 30.2 Å². The number of nitrogens with one attached hydrogen (secondary N) is 1. The molecule has 1 N–H and O–H groups in total. The number of rotatable bonds is 6. The lowest BCUT2D eigenvalue weighted by Crippen LogP contribution is -2.35. The van der Waals surface area contributed by atoms with Crippen LogP contribution >= 0.6 is 0 Å². The number of nitrogens with zero attached hydrogens (tertiary/aromatic N) is 4. The number of piperidine rings is 1. The summed E-state index contributed by atoms with van der Waals surface area (Å²) in [7, 11) is -2.36. The highest BCUT2D eigenvalue weighted by Crippen LogP contribution is 2.36. The van der Waals surface area contributed by atoms with Crippen molar-refractivity contribution in [1.29, 1.82) is 0 Å². The van der Waals surface area contributed by atoms with Gasteiger partial charge in [0.2, 0.25) is 10.0 Å². The van der Waals surface area contributed by atoms with E-state index in [-0.39, 0.29) is 16.3 Å². The number of methoxy groups -OCH3 is 1. The monoisotopic (exact) mass is 547 g/mol. The van der Waals surface area contributed by atoms with Crippen molar-refractivity contribution in [2.75, 3.05) is 25.5 Å². The number of fused-ring (bicyclic) bond motifs is 1. The van der Waals surface area contributed by atoms with Gasteiger partial charge in [-0.15, -0.1) is 0 Å². The summed E-state index contributed by atoms with van der Waals surface area (Å²) in [5.74, 6) is -0.153. The number of carbonyl (C=O) groups excluding carboxylic acids is 1. The Balaban J connectivity index is 1.70. The lowest BCUT2D eigenvalue weighted by molar-refractivity contribution is 0.102. The van der Waals surface area contributed by atoms with Gasteiger partial charge < -0.3 is 10.1 Å². The maximum Gasteiger partial charge on any atom is 0.276 e. The van der Waals surface area contributed by atoms with Gasteiger partial charge in [-0.1, -0.05) is 24.6 Å². The van der Waals surface area contributed by atoms with Gasteiger partial charge >= 0.3 is 0 Å². The molecule has 1 aliphatic heterocycles. The van der Waals surface area contributed by atoms with Crippen molar-refractivity contribution in [1.82, 2.24) is 18.9 Å². The van der Waals surface area contributed by atoms with Crippen LogP contribution in [-0.2, 0) is 10.0 Å². The third-order valence-corrected chi connectivity index (χ3v) is 9.06. The average Bonchev–Trinajstić information content (AvgIpc) is 3.30. The van der Waals surface area contributed by atoms with E-state index in [1.165, 1.54) is 11.4 Å². The Kier molecular flexibility index (Phi) is 7.17. The largest absolute Gasteiger partial charge is 0.495 e. The molecule has 2 aromatic heterocycles. The average molecular weight is 548 g/mol. The van der Waals surface area contributed by atoms with Crippen molar-refractivity contribution in [3.05, 3.63) is 70.7 Å². The first-order chi connectivity index (χ1) is 18.6. The number of aromatic nitrogens is 3. The van der Waals surface area contributed by atoms with Crippen molar-refractivity contribution in [3.8, 4) is 16.9 Å². The number of benzene rings is 2. The summed E-state index contributed by atoms with van der Waals surface area (Å²) in [5.41, 5.74) is 5.80. The van der Waals surface area contributed by atoms with Crippen LogP contribution in [0.3, 0.4) is 0 Å². The molecule has 1 amide bonds. The predicted octanol–water partition coefficient (Wildman–Crippen LogP) is 5.07. The molecule has 9 nitrogen and oxygen atoms in total. The smallest absolute Gasteiger partial charge is 0.276 e. The van der Waals surface area contributed by atoms with Gasteiger partial charge in [-0.05, 0) is 81.5 Å². The Morgan fingerprint density at radius 3 is 2.44 bits per heavy atom. The Hall–Kier alpha value is -3.76. The lowest BCUT2D eigenvalue weighted by atomic mass is 10.0. The molecule has 1 fully saturated rings. The topological polar surface area (TPSA) is 106 Å². The van der Waals surface area contributed by atoms with Gasteiger partial charge in [-0.3, -0.25) is 4.79 Å². The van der Waals surface area contributed by atoms with E-state index in [0.29, 0.717) is 35.6 Å². The summed E-state index contributed by atoms with van der Waals surface area (Å²) in [5, 5.41) is 7.65. The van der Waals surface area contributed by atoms with Crippen LogP contribution in [0.15, 0.2) is 47.4 Å². The summed E-state index contributed by atoms with van der Waals surface area (Å²) in [4.78, 5) is 18.5. The van der Waals surface area contributed by atoms with Crippen LogP contribution in [0.25, 0.3) is 16.8 Å². The summed E-state index contributed by atoms with van der Waals surface area (Å²) in [6, 6.07) is 12.7. The molecule has 1 saturated heterocycles. The number of amides is 1. The van der Waals surface area contributed by atoms with Crippen LogP contribution in [0, 0.1) is 27.7 Å². The molecule has 4 aromatic rings. The van der Waals surface area contributed by atoms with E-state index < -0.39 is 15.9 Å². The molecule has 2 aromatic carbocycles. The van der Waals surface area contributed by atoms with Crippen LogP contribution in [0.5, 0.6) is 5.75 Å².